The molecule has 0 radical (unpaired) electrons. The highest BCUT2D eigenvalue weighted by Gasteiger charge is 2.02. The van der Waals surface area contributed by atoms with E-state index in [1.165, 1.54) is 0 Å². The van der Waals surface area contributed by atoms with Crippen molar-refractivity contribution >= 4 is 5.91 Å². The van der Waals surface area contributed by atoms with Gasteiger partial charge in [-0.05, 0) is 35.7 Å². The third-order valence-corrected chi connectivity index (χ3v) is 3.10. The number of hydrogen-bond acceptors (Lipinski definition) is 2. The average Bonchev–Trinajstić information content (AvgIpc) is 2.49. The zero-order chi connectivity index (χ0) is 14.4. The summed E-state index contributed by atoms with van der Waals surface area (Å²) in [4.78, 5) is 11.3. The Morgan fingerprint density at radius 1 is 1.00 bits per heavy atom. The van der Waals surface area contributed by atoms with E-state index in [1.807, 2.05) is 55.5 Å². The molecular weight excluding hydrogens is 250 g/mol. The zero-order valence-electron chi connectivity index (χ0n) is 11.8. The lowest BCUT2D eigenvalue weighted by Gasteiger charge is -2.06. The van der Waals surface area contributed by atoms with E-state index in [2.05, 4.69) is 5.32 Å². The summed E-state index contributed by atoms with van der Waals surface area (Å²) in [6, 6.07) is 16.1. The van der Waals surface area contributed by atoms with Crippen LogP contribution in [0.3, 0.4) is 0 Å². The number of ether oxygens (including phenoxy) is 1. The maximum atomic E-state index is 11.3. The number of amides is 1. The van der Waals surface area contributed by atoms with Gasteiger partial charge < -0.3 is 10.1 Å². The lowest BCUT2D eigenvalue weighted by molar-refractivity contribution is -0.119. The molecule has 20 heavy (non-hydrogen) atoms. The van der Waals surface area contributed by atoms with Gasteiger partial charge in [0.2, 0.25) is 5.91 Å². The third-order valence-electron chi connectivity index (χ3n) is 3.10. The van der Waals surface area contributed by atoms with Crippen molar-refractivity contribution in [1.29, 1.82) is 0 Å². The molecule has 2 aromatic carbocycles. The summed E-state index contributed by atoms with van der Waals surface area (Å²) in [6.45, 7) is 2.65. The molecule has 0 atom stereocenters. The molecule has 1 N–H and O–H groups in total. The maximum absolute atomic E-state index is 11.3. The normalized spacial score (nSPS) is 10.1. The van der Waals surface area contributed by atoms with E-state index in [4.69, 9.17) is 4.74 Å². The fourth-order valence-corrected chi connectivity index (χ4v) is 2.00. The molecule has 0 aliphatic carbocycles. The minimum absolute atomic E-state index is 0.0267. The van der Waals surface area contributed by atoms with Gasteiger partial charge in [-0.3, -0.25) is 4.79 Å². The summed E-state index contributed by atoms with van der Waals surface area (Å²) in [5, 5.41) is 2.63. The van der Waals surface area contributed by atoms with Gasteiger partial charge in [0.05, 0.1) is 13.0 Å². The number of carbonyl (C=O) groups excluding carboxylic acids is 1. The van der Waals surface area contributed by atoms with Crippen LogP contribution in [-0.2, 0) is 11.2 Å². The van der Waals surface area contributed by atoms with E-state index in [9.17, 15) is 4.79 Å². The second kappa shape index (κ2) is 6.75. The molecule has 2 rings (SSSR count). The van der Waals surface area contributed by atoms with Crippen molar-refractivity contribution in [3.8, 4) is 16.9 Å². The van der Waals surface area contributed by atoms with Crippen LogP contribution in [0.25, 0.3) is 11.1 Å². The summed E-state index contributed by atoms with van der Waals surface area (Å²) in [7, 11) is 1.65. The highest BCUT2D eigenvalue weighted by molar-refractivity contribution is 5.78. The van der Waals surface area contributed by atoms with Crippen LogP contribution in [0, 0.1) is 0 Å². The standard InChI is InChI=1S/C17H19NO2/c1-3-20-16-10-8-15(9-11-16)14-6-4-13(5-7-14)12-17(19)18-2/h4-11H,3,12H2,1-2H3,(H,18,19). The minimum Gasteiger partial charge on any atom is -0.494 e. The van der Waals surface area contributed by atoms with Gasteiger partial charge in [0.1, 0.15) is 5.75 Å². The summed E-state index contributed by atoms with van der Waals surface area (Å²) in [6.07, 6.45) is 0.417. The van der Waals surface area contributed by atoms with Crippen LogP contribution in [0.4, 0.5) is 0 Å². The van der Waals surface area contributed by atoms with Gasteiger partial charge in [0.25, 0.3) is 0 Å². The first-order valence-corrected chi connectivity index (χ1v) is 6.75. The molecule has 0 fully saturated rings. The van der Waals surface area contributed by atoms with Gasteiger partial charge >= 0.3 is 0 Å². The van der Waals surface area contributed by atoms with E-state index in [-0.39, 0.29) is 5.91 Å². The van der Waals surface area contributed by atoms with Crippen molar-refractivity contribution in [3.63, 3.8) is 0 Å². The number of nitrogens with one attached hydrogen (secondary N) is 1. The monoisotopic (exact) mass is 269 g/mol. The predicted octanol–water partition coefficient (Wildman–Crippen LogP) is 3.04. The van der Waals surface area contributed by atoms with Crippen molar-refractivity contribution in [1.82, 2.24) is 5.32 Å². The van der Waals surface area contributed by atoms with Crippen LogP contribution in [0.5, 0.6) is 5.75 Å². The Morgan fingerprint density at radius 3 is 2.05 bits per heavy atom. The first-order valence-electron chi connectivity index (χ1n) is 6.75. The molecule has 3 nitrogen and oxygen atoms in total. The largest absolute Gasteiger partial charge is 0.494 e. The molecule has 0 spiro atoms. The lowest BCUT2D eigenvalue weighted by atomic mass is 10.0. The van der Waals surface area contributed by atoms with E-state index < -0.39 is 0 Å². The SMILES string of the molecule is CCOc1ccc(-c2ccc(CC(=O)NC)cc2)cc1. The van der Waals surface area contributed by atoms with Crippen LogP contribution in [0.15, 0.2) is 48.5 Å². The van der Waals surface area contributed by atoms with Gasteiger partial charge in [-0.15, -0.1) is 0 Å². The Balaban J connectivity index is 2.11. The predicted molar refractivity (Wildman–Crippen MR) is 80.8 cm³/mol. The van der Waals surface area contributed by atoms with Gasteiger partial charge in [0.15, 0.2) is 0 Å². The number of likely N-dealkylation sites (N-methyl/N-ethyl adjacent to an activating group) is 1. The van der Waals surface area contributed by atoms with E-state index in [0.29, 0.717) is 13.0 Å². The van der Waals surface area contributed by atoms with Crippen molar-refractivity contribution in [2.45, 2.75) is 13.3 Å². The molecule has 0 heterocycles. The highest BCUT2D eigenvalue weighted by Crippen LogP contribution is 2.22. The van der Waals surface area contributed by atoms with Gasteiger partial charge in [-0.2, -0.15) is 0 Å². The third kappa shape index (κ3) is 3.60. The average molecular weight is 269 g/mol. The second-order valence-electron chi connectivity index (χ2n) is 4.50. The summed E-state index contributed by atoms with van der Waals surface area (Å²) in [5.74, 6) is 0.909. The van der Waals surface area contributed by atoms with E-state index in [1.54, 1.807) is 7.05 Å². The Morgan fingerprint density at radius 2 is 1.55 bits per heavy atom. The molecular formula is C17H19NO2. The Kier molecular flexibility index (Phi) is 4.77. The first-order chi connectivity index (χ1) is 9.72. The molecule has 2 aromatic rings. The molecule has 0 saturated carbocycles. The van der Waals surface area contributed by atoms with Crippen LogP contribution in [0.1, 0.15) is 12.5 Å². The number of benzene rings is 2. The van der Waals surface area contributed by atoms with Crippen LogP contribution in [-0.4, -0.2) is 19.6 Å². The molecule has 0 aromatic heterocycles. The smallest absolute Gasteiger partial charge is 0.224 e. The zero-order valence-corrected chi connectivity index (χ0v) is 11.8. The van der Waals surface area contributed by atoms with Crippen molar-refractivity contribution in [2.24, 2.45) is 0 Å². The van der Waals surface area contributed by atoms with Crippen LogP contribution >= 0.6 is 0 Å². The summed E-state index contributed by atoms with van der Waals surface area (Å²) < 4.78 is 5.43. The Bertz CT molecular complexity index is 559. The Labute approximate surface area is 119 Å². The second-order valence-corrected chi connectivity index (χ2v) is 4.50. The lowest BCUT2D eigenvalue weighted by Crippen LogP contribution is -2.19. The van der Waals surface area contributed by atoms with Gasteiger partial charge in [-0.1, -0.05) is 36.4 Å². The molecule has 3 heteroatoms. The number of hydrogen-bond donors (Lipinski definition) is 1. The van der Waals surface area contributed by atoms with E-state index >= 15 is 0 Å². The molecule has 0 aliphatic rings. The van der Waals surface area contributed by atoms with E-state index in [0.717, 1.165) is 22.4 Å². The molecule has 0 aliphatic heterocycles. The molecule has 1 amide bonds. The maximum Gasteiger partial charge on any atom is 0.224 e. The van der Waals surface area contributed by atoms with Gasteiger partial charge in [-0.25, -0.2) is 0 Å². The molecule has 0 saturated heterocycles. The summed E-state index contributed by atoms with van der Waals surface area (Å²) in [5.41, 5.74) is 3.28. The fourth-order valence-electron chi connectivity index (χ4n) is 2.00. The minimum atomic E-state index is 0.0267. The Hall–Kier alpha value is -2.29. The number of rotatable bonds is 5. The number of carbonyl (C=O) groups is 1. The van der Waals surface area contributed by atoms with Crippen LogP contribution in [0.2, 0.25) is 0 Å². The van der Waals surface area contributed by atoms with Crippen molar-refractivity contribution < 1.29 is 9.53 Å². The van der Waals surface area contributed by atoms with Crippen molar-refractivity contribution in [3.05, 3.63) is 54.1 Å². The molecule has 104 valence electrons. The van der Waals surface area contributed by atoms with Crippen molar-refractivity contribution in [2.75, 3.05) is 13.7 Å². The topological polar surface area (TPSA) is 38.3 Å². The first kappa shape index (κ1) is 14.1. The highest BCUT2D eigenvalue weighted by atomic mass is 16.5. The summed E-state index contributed by atoms with van der Waals surface area (Å²) >= 11 is 0. The quantitative estimate of drug-likeness (QED) is 0.906. The van der Waals surface area contributed by atoms with Gasteiger partial charge in [0, 0.05) is 7.05 Å². The van der Waals surface area contributed by atoms with Crippen LogP contribution < -0.4 is 10.1 Å². The molecule has 0 bridgehead atoms. The fraction of sp³-hybridized carbons (Fsp3) is 0.235. The molecule has 0 unspecified atom stereocenters.